The number of nitrogen functional groups attached to an aromatic ring is 1. The van der Waals surface area contributed by atoms with Crippen LogP contribution in [0.1, 0.15) is 5.56 Å². The van der Waals surface area contributed by atoms with E-state index in [9.17, 15) is 0 Å². The lowest BCUT2D eigenvalue weighted by Gasteiger charge is -2.10. The first-order valence-electron chi connectivity index (χ1n) is 5.05. The van der Waals surface area contributed by atoms with E-state index >= 15 is 0 Å². The quantitative estimate of drug-likeness (QED) is 0.810. The lowest BCUT2D eigenvalue weighted by atomic mass is 10.2. The van der Waals surface area contributed by atoms with Gasteiger partial charge >= 0.3 is 0 Å². The minimum absolute atomic E-state index is 0.609. The maximum atomic E-state index is 5.87. The molecule has 88 valence electrons. The predicted octanol–water partition coefficient (Wildman–Crippen LogP) is 4.79. The molecule has 0 atom stereocenters. The second-order valence-electron chi connectivity index (χ2n) is 3.72. The zero-order chi connectivity index (χ0) is 12.4. The van der Waals surface area contributed by atoms with Crippen molar-refractivity contribution in [2.75, 3.05) is 5.73 Å². The fraction of sp³-hybridized carbons (Fsp3) is 0.0769. The Morgan fingerprint density at radius 1 is 1.12 bits per heavy atom. The van der Waals surface area contributed by atoms with E-state index in [4.69, 9.17) is 22.1 Å². The van der Waals surface area contributed by atoms with Crippen LogP contribution in [-0.2, 0) is 0 Å². The molecule has 0 saturated heterocycles. The van der Waals surface area contributed by atoms with Crippen LogP contribution in [0.2, 0.25) is 5.02 Å². The van der Waals surface area contributed by atoms with Gasteiger partial charge in [0.15, 0.2) is 5.75 Å². The molecule has 2 nitrogen and oxygen atoms in total. The van der Waals surface area contributed by atoms with Gasteiger partial charge in [0.25, 0.3) is 0 Å². The second-order valence-corrected chi connectivity index (χ2v) is 5.01. The number of halogens is 2. The molecule has 0 amide bonds. The van der Waals surface area contributed by atoms with Gasteiger partial charge in [-0.2, -0.15) is 0 Å². The van der Waals surface area contributed by atoms with Gasteiger partial charge in [0.1, 0.15) is 5.75 Å². The molecule has 0 aliphatic heterocycles. The van der Waals surface area contributed by atoms with Crippen LogP contribution in [0.15, 0.2) is 40.9 Å². The molecule has 0 unspecified atom stereocenters. The molecular weight excluding hydrogens is 302 g/mol. The van der Waals surface area contributed by atoms with Crippen LogP contribution in [0.3, 0.4) is 0 Å². The third-order valence-corrected chi connectivity index (χ3v) is 3.14. The minimum Gasteiger partial charge on any atom is -0.454 e. The fourth-order valence-electron chi connectivity index (χ4n) is 1.41. The fourth-order valence-corrected chi connectivity index (χ4v) is 2.17. The third kappa shape index (κ3) is 2.93. The van der Waals surface area contributed by atoms with E-state index in [0.717, 1.165) is 10.0 Å². The summed E-state index contributed by atoms with van der Waals surface area (Å²) < 4.78 is 6.54. The Morgan fingerprint density at radius 3 is 2.59 bits per heavy atom. The maximum absolute atomic E-state index is 5.87. The van der Waals surface area contributed by atoms with Crippen molar-refractivity contribution in [1.82, 2.24) is 0 Å². The predicted molar refractivity (Wildman–Crippen MR) is 74.8 cm³/mol. The molecule has 17 heavy (non-hydrogen) atoms. The molecule has 0 aliphatic carbocycles. The average molecular weight is 313 g/mol. The summed E-state index contributed by atoms with van der Waals surface area (Å²) in [5, 5.41) is 0.654. The highest BCUT2D eigenvalue weighted by molar-refractivity contribution is 9.10. The SMILES string of the molecule is Cc1ccc(N)c(Oc2ccc(Cl)cc2Br)c1. The highest BCUT2D eigenvalue weighted by Crippen LogP contribution is 2.34. The van der Waals surface area contributed by atoms with E-state index < -0.39 is 0 Å². The van der Waals surface area contributed by atoms with E-state index in [-0.39, 0.29) is 0 Å². The van der Waals surface area contributed by atoms with Crippen LogP contribution in [0.4, 0.5) is 5.69 Å². The van der Waals surface area contributed by atoms with E-state index in [1.54, 1.807) is 18.2 Å². The van der Waals surface area contributed by atoms with Crippen molar-refractivity contribution in [1.29, 1.82) is 0 Å². The van der Waals surface area contributed by atoms with Crippen LogP contribution in [-0.4, -0.2) is 0 Å². The number of anilines is 1. The summed E-state index contributed by atoms with van der Waals surface area (Å²) in [5.41, 5.74) is 7.56. The van der Waals surface area contributed by atoms with Crippen molar-refractivity contribution >= 4 is 33.2 Å². The third-order valence-electron chi connectivity index (χ3n) is 2.28. The largest absolute Gasteiger partial charge is 0.454 e. The zero-order valence-corrected chi connectivity index (χ0v) is 11.5. The Morgan fingerprint density at radius 2 is 1.88 bits per heavy atom. The number of benzene rings is 2. The van der Waals surface area contributed by atoms with Gasteiger partial charge in [0.05, 0.1) is 10.2 Å². The van der Waals surface area contributed by atoms with Gasteiger partial charge in [-0.3, -0.25) is 0 Å². The Balaban J connectivity index is 2.34. The van der Waals surface area contributed by atoms with Crippen molar-refractivity contribution in [3.05, 3.63) is 51.5 Å². The Labute approximate surface area is 113 Å². The summed E-state index contributed by atoms with van der Waals surface area (Å²) in [5.74, 6) is 1.33. The van der Waals surface area contributed by atoms with Gasteiger partial charge in [-0.1, -0.05) is 17.7 Å². The molecule has 0 fully saturated rings. The Hall–Kier alpha value is -1.19. The highest BCUT2D eigenvalue weighted by atomic mass is 79.9. The lowest BCUT2D eigenvalue weighted by Crippen LogP contribution is -1.93. The lowest BCUT2D eigenvalue weighted by molar-refractivity contribution is 0.481. The molecule has 0 bridgehead atoms. The summed E-state index contributed by atoms with van der Waals surface area (Å²) in [4.78, 5) is 0. The van der Waals surface area contributed by atoms with E-state index in [0.29, 0.717) is 22.2 Å². The molecule has 0 aromatic heterocycles. The Bertz CT molecular complexity index is 557. The summed E-state index contributed by atoms with van der Waals surface area (Å²) in [6.07, 6.45) is 0. The topological polar surface area (TPSA) is 35.2 Å². The van der Waals surface area contributed by atoms with Gasteiger partial charge in [-0.15, -0.1) is 0 Å². The second kappa shape index (κ2) is 4.98. The minimum atomic E-state index is 0.609. The molecule has 2 aromatic rings. The number of rotatable bonds is 2. The molecule has 0 aliphatic rings. The van der Waals surface area contributed by atoms with E-state index in [2.05, 4.69) is 15.9 Å². The summed E-state index contributed by atoms with van der Waals surface area (Å²) in [6.45, 7) is 1.99. The van der Waals surface area contributed by atoms with E-state index in [1.165, 1.54) is 0 Å². The van der Waals surface area contributed by atoms with Crippen molar-refractivity contribution in [3.63, 3.8) is 0 Å². The van der Waals surface area contributed by atoms with Gasteiger partial charge in [0, 0.05) is 5.02 Å². The summed E-state index contributed by atoms with van der Waals surface area (Å²) in [6, 6.07) is 11.0. The van der Waals surface area contributed by atoms with Gasteiger partial charge < -0.3 is 10.5 Å². The Kier molecular flexibility index (Phi) is 3.60. The van der Waals surface area contributed by atoms with Crippen LogP contribution >= 0.6 is 27.5 Å². The molecule has 0 saturated carbocycles. The van der Waals surface area contributed by atoms with Gasteiger partial charge in [0.2, 0.25) is 0 Å². The van der Waals surface area contributed by atoms with Crippen molar-refractivity contribution in [3.8, 4) is 11.5 Å². The summed E-state index contributed by atoms with van der Waals surface area (Å²) in [7, 11) is 0. The normalized spacial score (nSPS) is 10.3. The van der Waals surface area contributed by atoms with Crippen molar-refractivity contribution in [2.24, 2.45) is 0 Å². The monoisotopic (exact) mass is 311 g/mol. The number of nitrogens with two attached hydrogens (primary N) is 1. The van der Waals surface area contributed by atoms with Crippen LogP contribution in [0, 0.1) is 6.92 Å². The zero-order valence-electron chi connectivity index (χ0n) is 9.21. The van der Waals surface area contributed by atoms with Crippen molar-refractivity contribution in [2.45, 2.75) is 6.92 Å². The molecule has 4 heteroatoms. The average Bonchev–Trinajstić information content (AvgIpc) is 2.27. The number of ether oxygens (including phenoxy) is 1. The highest BCUT2D eigenvalue weighted by Gasteiger charge is 2.06. The first kappa shape index (κ1) is 12.3. The first-order valence-corrected chi connectivity index (χ1v) is 6.22. The molecule has 0 radical (unpaired) electrons. The summed E-state index contributed by atoms with van der Waals surface area (Å²) >= 11 is 9.26. The molecule has 2 aromatic carbocycles. The van der Waals surface area contributed by atoms with Gasteiger partial charge in [-0.25, -0.2) is 0 Å². The van der Waals surface area contributed by atoms with Gasteiger partial charge in [-0.05, 0) is 58.7 Å². The maximum Gasteiger partial charge on any atom is 0.150 e. The molecule has 2 rings (SSSR count). The van der Waals surface area contributed by atoms with Crippen LogP contribution in [0.25, 0.3) is 0 Å². The molecule has 2 N–H and O–H groups in total. The first-order chi connectivity index (χ1) is 8.06. The number of hydrogen-bond acceptors (Lipinski definition) is 2. The molecule has 0 heterocycles. The number of hydrogen-bond donors (Lipinski definition) is 1. The van der Waals surface area contributed by atoms with Crippen LogP contribution in [0.5, 0.6) is 11.5 Å². The van der Waals surface area contributed by atoms with Crippen LogP contribution < -0.4 is 10.5 Å². The van der Waals surface area contributed by atoms with Crippen molar-refractivity contribution < 1.29 is 4.74 Å². The molecular formula is C13H11BrClNO. The smallest absolute Gasteiger partial charge is 0.150 e. The standard InChI is InChI=1S/C13H11BrClNO/c1-8-2-4-11(16)13(6-8)17-12-5-3-9(15)7-10(12)14/h2-7H,16H2,1H3. The number of aryl methyl sites for hydroxylation is 1. The molecule has 0 spiro atoms. The van der Waals surface area contributed by atoms with E-state index in [1.807, 2.05) is 25.1 Å².